The Hall–Kier alpha value is -3.14. The molecular weight excluding hydrogens is 391 g/mol. The van der Waals surface area contributed by atoms with Crippen molar-refractivity contribution in [3.8, 4) is 5.75 Å². The van der Waals surface area contributed by atoms with Gasteiger partial charge in [0.15, 0.2) is 12.8 Å². The number of benzene rings is 1. The first kappa shape index (κ1) is 20.1. The van der Waals surface area contributed by atoms with Gasteiger partial charge in [-0.15, -0.1) is 0 Å². The number of rotatable bonds is 4. The molecule has 0 bridgehead atoms. The summed E-state index contributed by atoms with van der Waals surface area (Å²) in [5, 5.41) is 7.40. The largest absolute Gasteiger partial charge is 0.467 e. The molecule has 1 amide bonds. The average molecular weight is 416 g/mol. The predicted octanol–water partition coefficient (Wildman–Crippen LogP) is 0.892. The molecule has 1 aromatic heterocycles. The minimum Gasteiger partial charge on any atom is -0.467 e. The Morgan fingerprint density at radius 3 is 2.97 bits per heavy atom. The number of ether oxygens (including phenoxy) is 2. The van der Waals surface area contributed by atoms with E-state index < -0.39 is 0 Å². The molecule has 160 valence electrons. The third-order valence-electron chi connectivity index (χ3n) is 5.16. The second-order valence-corrected chi connectivity index (χ2v) is 7.23. The standard InChI is InChI=1S/C20H25FN6O3/c1-22-20(26-5-6-27(18(28)11-26)17-9-24-25(2)10-17)23-4-3-14-7-16(21)8-15-12-29-13-30-19(14)15/h7-10H,3-6,11-13H2,1-2H3,(H,22,23). The van der Waals surface area contributed by atoms with Crippen LogP contribution in [0.2, 0.25) is 0 Å². The van der Waals surface area contributed by atoms with Gasteiger partial charge in [0.05, 0.1) is 18.5 Å². The number of aliphatic imine (C=N–C) groups is 1. The first-order chi connectivity index (χ1) is 14.5. The van der Waals surface area contributed by atoms with Gasteiger partial charge in [-0.2, -0.15) is 5.10 Å². The average Bonchev–Trinajstić information content (AvgIpc) is 3.17. The van der Waals surface area contributed by atoms with Crippen molar-refractivity contribution in [3.05, 3.63) is 41.5 Å². The van der Waals surface area contributed by atoms with Crippen molar-refractivity contribution >= 4 is 17.6 Å². The molecule has 1 saturated heterocycles. The van der Waals surface area contributed by atoms with Gasteiger partial charge < -0.3 is 24.6 Å². The maximum Gasteiger partial charge on any atom is 0.246 e. The van der Waals surface area contributed by atoms with Crippen molar-refractivity contribution in [2.24, 2.45) is 12.0 Å². The number of nitrogens with zero attached hydrogens (tertiary/aromatic N) is 5. The zero-order valence-corrected chi connectivity index (χ0v) is 17.1. The molecule has 2 aliphatic heterocycles. The Morgan fingerprint density at radius 2 is 2.23 bits per heavy atom. The summed E-state index contributed by atoms with van der Waals surface area (Å²) in [6.07, 6.45) is 4.07. The number of piperazine rings is 1. The molecule has 0 unspecified atom stereocenters. The van der Waals surface area contributed by atoms with Crippen LogP contribution in [0.4, 0.5) is 10.1 Å². The summed E-state index contributed by atoms with van der Waals surface area (Å²) >= 11 is 0. The van der Waals surface area contributed by atoms with Gasteiger partial charge in [0, 0.05) is 45.5 Å². The molecule has 4 rings (SSSR count). The summed E-state index contributed by atoms with van der Waals surface area (Å²) in [6, 6.07) is 2.93. The number of guanidine groups is 1. The van der Waals surface area contributed by atoms with E-state index in [4.69, 9.17) is 9.47 Å². The Morgan fingerprint density at radius 1 is 1.37 bits per heavy atom. The molecular formula is C20H25FN6O3. The molecule has 1 fully saturated rings. The number of carbonyl (C=O) groups excluding carboxylic acids is 1. The molecule has 0 atom stereocenters. The van der Waals surface area contributed by atoms with Gasteiger partial charge in [0.1, 0.15) is 18.1 Å². The molecule has 9 nitrogen and oxygen atoms in total. The quantitative estimate of drug-likeness (QED) is 0.589. The van der Waals surface area contributed by atoms with Gasteiger partial charge in [0.2, 0.25) is 5.91 Å². The maximum atomic E-state index is 13.9. The van der Waals surface area contributed by atoms with E-state index in [1.54, 1.807) is 22.8 Å². The number of aryl methyl sites for hydroxylation is 1. The summed E-state index contributed by atoms with van der Waals surface area (Å²) in [5.74, 6) is 1.02. The van der Waals surface area contributed by atoms with Crippen molar-refractivity contribution in [1.29, 1.82) is 0 Å². The smallest absolute Gasteiger partial charge is 0.246 e. The lowest BCUT2D eigenvalue weighted by Crippen LogP contribution is -2.55. The van der Waals surface area contributed by atoms with Gasteiger partial charge in [0.25, 0.3) is 0 Å². The van der Waals surface area contributed by atoms with Crippen molar-refractivity contribution in [1.82, 2.24) is 20.0 Å². The molecule has 3 heterocycles. The highest BCUT2D eigenvalue weighted by Gasteiger charge is 2.27. The third kappa shape index (κ3) is 4.23. The van der Waals surface area contributed by atoms with Crippen LogP contribution in [-0.4, -0.2) is 66.6 Å². The summed E-state index contributed by atoms with van der Waals surface area (Å²) in [6.45, 7) is 2.48. The molecule has 30 heavy (non-hydrogen) atoms. The predicted molar refractivity (Wildman–Crippen MR) is 109 cm³/mol. The Labute approximate surface area is 174 Å². The molecule has 2 aliphatic rings. The summed E-state index contributed by atoms with van der Waals surface area (Å²) < 4.78 is 26.4. The Kier molecular flexibility index (Phi) is 5.84. The summed E-state index contributed by atoms with van der Waals surface area (Å²) in [5.41, 5.74) is 2.30. The second kappa shape index (κ2) is 8.70. The van der Waals surface area contributed by atoms with Gasteiger partial charge in [-0.1, -0.05) is 0 Å². The molecule has 0 aliphatic carbocycles. The van der Waals surface area contributed by atoms with Crippen molar-refractivity contribution < 1.29 is 18.7 Å². The van der Waals surface area contributed by atoms with Crippen molar-refractivity contribution in [2.45, 2.75) is 13.0 Å². The van der Waals surface area contributed by atoms with Crippen LogP contribution in [0.15, 0.2) is 29.5 Å². The topological polar surface area (TPSA) is 84.2 Å². The fraction of sp³-hybridized carbons (Fsp3) is 0.450. The monoisotopic (exact) mass is 416 g/mol. The molecule has 2 aromatic rings. The van der Waals surface area contributed by atoms with Crippen LogP contribution in [0.25, 0.3) is 0 Å². The second-order valence-electron chi connectivity index (χ2n) is 7.23. The number of nitrogens with one attached hydrogen (secondary N) is 1. The van der Waals surface area contributed by atoms with Crippen LogP contribution >= 0.6 is 0 Å². The lowest BCUT2D eigenvalue weighted by molar-refractivity contribution is -0.120. The molecule has 0 radical (unpaired) electrons. The molecule has 0 spiro atoms. The van der Waals surface area contributed by atoms with Crippen LogP contribution in [0.1, 0.15) is 11.1 Å². The number of anilines is 1. The van der Waals surface area contributed by atoms with Crippen LogP contribution in [0.5, 0.6) is 5.75 Å². The normalized spacial score (nSPS) is 17.0. The minimum atomic E-state index is -0.306. The van der Waals surface area contributed by atoms with Gasteiger partial charge in [-0.3, -0.25) is 14.5 Å². The number of carbonyl (C=O) groups is 1. The van der Waals surface area contributed by atoms with E-state index in [9.17, 15) is 9.18 Å². The lowest BCUT2D eigenvalue weighted by Gasteiger charge is -2.35. The number of amides is 1. The van der Waals surface area contributed by atoms with E-state index in [0.717, 1.165) is 16.8 Å². The van der Waals surface area contributed by atoms with Gasteiger partial charge in [-0.25, -0.2) is 4.39 Å². The lowest BCUT2D eigenvalue weighted by atomic mass is 10.1. The number of fused-ring (bicyclic) bond motifs is 1. The van der Waals surface area contributed by atoms with Crippen molar-refractivity contribution in [3.63, 3.8) is 0 Å². The van der Waals surface area contributed by atoms with Crippen LogP contribution in [0.3, 0.4) is 0 Å². The van der Waals surface area contributed by atoms with E-state index in [0.29, 0.717) is 44.4 Å². The summed E-state index contributed by atoms with van der Waals surface area (Å²) in [7, 11) is 3.51. The van der Waals surface area contributed by atoms with Crippen LogP contribution in [-0.2, 0) is 29.6 Å². The highest BCUT2D eigenvalue weighted by molar-refractivity contribution is 5.98. The van der Waals surface area contributed by atoms with Gasteiger partial charge in [-0.05, 0) is 24.1 Å². The maximum absolute atomic E-state index is 13.9. The fourth-order valence-corrected chi connectivity index (χ4v) is 3.76. The zero-order chi connectivity index (χ0) is 21.1. The zero-order valence-electron chi connectivity index (χ0n) is 17.1. The number of hydrogen-bond acceptors (Lipinski definition) is 5. The molecule has 0 saturated carbocycles. The van der Waals surface area contributed by atoms with E-state index in [2.05, 4.69) is 15.4 Å². The highest BCUT2D eigenvalue weighted by Crippen LogP contribution is 2.29. The van der Waals surface area contributed by atoms with Crippen LogP contribution in [0, 0.1) is 5.82 Å². The SMILES string of the molecule is CN=C(NCCc1cc(F)cc2c1OCOC2)N1CCN(c2cnn(C)c2)C(=O)C1. The van der Waals surface area contributed by atoms with E-state index in [1.807, 2.05) is 18.1 Å². The molecule has 1 N–H and O–H groups in total. The first-order valence-electron chi connectivity index (χ1n) is 9.81. The first-order valence-corrected chi connectivity index (χ1v) is 9.81. The number of hydrogen-bond donors (Lipinski definition) is 1. The van der Waals surface area contributed by atoms with E-state index in [-0.39, 0.29) is 25.1 Å². The minimum absolute atomic E-state index is 0.00944. The Balaban J connectivity index is 1.35. The Bertz CT molecular complexity index is 960. The van der Waals surface area contributed by atoms with Crippen molar-refractivity contribution in [2.75, 3.05) is 44.9 Å². The molecule has 1 aromatic carbocycles. The highest BCUT2D eigenvalue weighted by atomic mass is 19.1. The fourth-order valence-electron chi connectivity index (χ4n) is 3.76. The van der Waals surface area contributed by atoms with E-state index in [1.165, 1.54) is 12.1 Å². The van der Waals surface area contributed by atoms with E-state index >= 15 is 0 Å². The molecule has 10 heteroatoms. The summed E-state index contributed by atoms with van der Waals surface area (Å²) in [4.78, 5) is 20.6. The van der Waals surface area contributed by atoms with Gasteiger partial charge >= 0.3 is 0 Å². The van der Waals surface area contributed by atoms with Crippen LogP contribution < -0.4 is 15.0 Å². The number of halogens is 1. The number of aromatic nitrogens is 2. The third-order valence-corrected chi connectivity index (χ3v) is 5.16.